The van der Waals surface area contributed by atoms with Crippen molar-refractivity contribution in [1.82, 2.24) is 4.90 Å². The van der Waals surface area contributed by atoms with Crippen molar-refractivity contribution in [3.8, 4) is 0 Å². The highest BCUT2D eigenvalue weighted by molar-refractivity contribution is 5.68. The summed E-state index contributed by atoms with van der Waals surface area (Å²) in [5, 5.41) is 10.4. The molecule has 33 heavy (non-hydrogen) atoms. The molecule has 2 saturated carbocycles. The SMILES string of the molecule is CC(C)(C)OC(=O)N(CCc1ccccc1)CC1CC(C[C@H]2C[C@H](O)[C@@H]3OC(C)(C)O[C@H]23)C1. The molecule has 184 valence electrons. The number of rotatable bonds is 7. The first-order chi connectivity index (χ1) is 15.5. The van der Waals surface area contributed by atoms with Crippen molar-refractivity contribution in [3.63, 3.8) is 0 Å². The van der Waals surface area contributed by atoms with Gasteiger partial charge in [-0.05, 0) is 90.0 Å². The van der Waals surface area contributed by atoms with Crippen LogP contribution in [0.4, 0.5) is 4.79 Å². The van der Waals surface area contributed by atoms with Crippen molar-refractivity contribution in [2.24, 2.45) is 17.8 Å². The Balaban J connectivity index is 1.28. The summed E-state index contributed by atoms with van der Waals surface area (Å²) < 4.78 is 17.7. The van der Waals surface area contributed by atoms with E-state index < -0.39 is 17.5 Å². The van der Waals surface area contributed by atoms with Gasteiger partial charge in [0.25, 0.3) is 0 Å². The van der Waals surface area contributed by atoms with Gasteiger partial charge in [-0.1, -0.05) is 30.3 Å². The van der Waals surface area contributed by atoms with Crippen LogP contribution >= 0.6 is 0 Å². The summed E-state index contributed by atoms with van der Waals surface area (Å²) in [5.41, 5.74) is 0.731. The normalized spacial score (nSPS) is 32.8. The van der Waals surface area contributed by atoms with Gasteiger partial charge in [0, 0.05) is 13.1 Å². The Morgan fingerprint density at radius 2 is 1.76 bits per heavy atom. The molecule has 1 N–H and O–H groups in total. The zero-order valence-corrected chi connectivity index (χ0v) is 20.8. The molecule has 0 unspecified atom stereocenters. The van der Waals surface area contributed by atoms with Crippen LogP contribution in [0.15, 0.2) is 30.3 Å². The fourth-order valence-corrected chi connectivity index (χ4v) is 5.74. The van der Waals surface area contributed by atoms with E-state index in [0.29, 0.717) is 24.3 Å². The van der Waals surface area contributed by atoms with Crippen LogP contribution in [0, 0.1) is 17.8 Å². The molecular formula is C27H41NO5. The Labute approximate surface area is 198 Å². The van der Waals surface area contributed by atoms with E-state index in [2.05, 4.69) is 12.1 Å². The predicted octanol–water partition coefficient (Wildman–Crippen LogP) is 4.78. The number of amides is 1. The molecule has 1 aliphatic heterocycles. The molecule has 1 amide bonds. The Morgan fingerprint density at radius 3 is 2.42 bits per heavy atom. The Morgan fingerprint density at radius 1 is 1.09 bits per heavy atom. The Bertz CT molecular complexity index is 798. The first kappa shape index (κ1) is 24.5. The van der Waals surface area contributed by atoms with Crippen LogP contribution < -0.4 is 0 Å². The van der Waals surface area contributed by atoms with Crippen molar-refractivity contribution < 1.29 is 24.1 Å². The fraction of sp³-hybridized carbons (Fsp3) is 0.741. The van der Waals surface area contributed by atoms with Crippen molar-refractivity contribution in [1.29, 1.82) is 0 Å². The first-order valence-electron chi connectivity index (χ1n) is 12.5. The monoisotopic (exact) mass is 459 g/mol. The number of carbonyl (C=O) groups is 1. The third-order valence-electron chi connectivity index (χ3n) is 7.16. The van der Waals surface area contributed by atoms with E-state index in [-0.39, 0.29) is 18.3 Å². The summed E-state index contributed by atoms with van der Waals surface area (Å²) in [6.07, 6.45) is 4.02. The van der Waals surface area contributed by atoms with Gasteiger partial charge >= 0.3 is 6.09 Å². The molecule has 0 bridgehead atoms. The Hall–Kier alpha value is -1.63. The molecule has 0 radical (unpaired) electrons. The second-order valence-corrected chi connectivity index (χ2v) is 11.7. The number of carbonyl (C=O) groups excluding carboxylic acids is 1. The van der Waals surface area contributed by atoms with Gasteiger partial charge in [0.1, 0.15) is 11.7 Å². The second-order valence-electron chi connectivity index (χ2n) is 11.7. The first-order valence-corrected chi connectivity index (χ1v) is 12.5. The number of benzene rings is 1. The summed E-state index contributed by atoms with van der Waals surface area (Å²) in [4.78, 5) is 14.8. The third-order valence-corrected chi connectivity index (χ3v) is 7.16. The maximum absolute atomic E-state index is 12.9. The van der Waals surface area contributed by atoms with Crippen LogP contribution in [0.5, 0.6) is 0 Å². The fourth-order valence-electron chi connectivity index (χ4n) is 5.74. The van der Waals surface area contributed by atoms with Crippen molar-refractivity contribution in [3.05, 3.63) is 35.9 Å². The van der Waals surface area contributed by atoms with Crippen LogP contribution in [0.25, 0.3) is 0 Å². The molecule has 0 aromatic heterocycles. The van der Waals surface area contributed by atoms with Crippen LogP contribution in [0.3, 0.4) is 0 Å². The Kier molecular flexibility index (Phi) is 7.09. The number of nitrogens with zero attached hydrogens (tertiary/aromatic N) is 1. The zero-order valence-electron chi connectivity index (χ0n) is 20.8. The van der Waals surface area contributed by atoms with Crippen molar-refractivity contribution in [2.75, 3.05) is 13.1 Å². The molecule has 1 aromatic rings. The number of ether oxygens (including phenoxy) is 3. The number of aliphatic hydroxyl groups is 1. The van der Waals surface area contributed by atoms with Gasteiger partial charge in [-0.15, -0.1) is 0 Å². The van der Waals surface area contributed by atoms with E-state index >= 15 is 0 Å². The highest BCUT2D eigenvalue weighted by atomic mass is 16.8. The van der Waals surface area contributed by atoms with Gasteiger partial charge in [-0.2, -0.15) is 0 Å². The highest BCUT2D eigenvalue weighted by Crippen LogP contribution is 2.47. The number of hydrogen-bond acceptors (Lipinski definition) is 5. The number of fused-ring (bicyclic) bond motifs is 1. The zero-order chi connectivity index (χ0) is 23.8. The minimum Gasteiger partial charge on any atom is -0.444 e. The van der Waals surface area contributed by atoms with E-state index in [1.54, 1.807) is 0 Å². The maximum Gasteiger partial charge on any atom is 0.410 e. The molecule has 1 heterocycles. The average Bonchev–Trinajstić information content (AvgIpc) is 3.15. The smallest absolute Gasteiger partial charge is 0.410 e. The third kappa shape index (κ3) is 6.28. The van der Waals surface area contributed by atoms with Gasteiger partial charge in [0.15, 0.2) is 5.79 Å². The molecular weight excluding hydrogens is 418 g/mol. The standard InChI is InChI=1S/C27H41NO5/c1-26(2,3)33-25(30)28(12-11-18-9-7-6-8-10-18)17-20-13-19(14-20)15-21-16-22(29)24-23(21)31-27(4,5)32-24/h6-10,19-24,29H,11-17H2,1-5H3/t19?,20?,21-,22-,23+,24-/m0/s1. The lowest BCUT2D eigenvalue weighted by atomic mass is 9.70. The van der Waals surface area contributed by atoms with Crippen LogP contribution in [-0.4, -0.2) is 58.9 Å². The summed E-state index contributed by atoms with van der Waals surface area (Å²) in [5.74, 6) is 0.854. The quantitative estimate of drug-likeness (QED) is 0.635. The summed E-state index contributed by atoms with van der Waals surface area (Å²) in [6.45, 7) is 11.0. The van der Waals surface area contributed by atoms with Crippen LogP contribution in [0.1, 0.15) is 65.9 Å². The summed E-state index contributed by atoms with van der Waals surface area (Å²) in [7, 11) is 0. The topological polar surface area (TPSA) is 68.2 Å². The maximum atomic E-state index is 12.9. The molecule has 1 aromatic carbocycles. The lowest BCUT2D eigenvalue weighted by molar-refractivity contribution is -0.167. The van der Waals surface area contributed by atoms with E-state index in [1.807, 2.05) is 57.7 Å². The lowest BCUT2D eigenvalue weighted by Gasteiger charge is -2.40. The van der Waals surface area contributed by atoms with E-state index in [0.717, 1.165) is 38.6 Å². The molecule has 0 spiro atoms. The largest absolute Gasteiger partial charge is 0.444 e. The lowest BCUT2D eigenvalue weighted by Crippen LogP contribution is -2.43. The van der Waals surface area contributed by atoms with Crippen molar-refractivity contribution in [2.45, 2.75) is 96.4 Å². The van der Waals surface area contributed by atoms with E-state index in [9.17, 15) is 9.90 Å². The number of aliphatic hydroxyl groups excluding tert-OH is 1. The highest BCUT2D eigenvalue weighted by Gasteiger charge is 2.54. The molecule has 3 fully saturated rings. The van der Waals surface area contributed by atoms with Gasteiger partial charge < -0.3 is 24.2 Å². The molecule has 1 saturated heterocycles. The molecule has 2 aliphatic carbocycles. The van der Waals surface area contributed by atoms with Crippen LogP contribution in [0.2, 0.25) is 0 Å². The minimum absolute atomic E-state index is 0.00168. The van der Waals surface area contributed by atoms with Gasteiger partial charge in [-0.3, -0.25) is 0 Å². The van der Waals surface area contributed by atoms with Gasteiger partial charge in [0.05, 0.1) is 12.2 Å². The summed E-state index contributed by atoms with van der Waals surface area (Å²) in [6, 6.07) is 10.3. The minimum atomic E-state index is -0.607. The van der Waals surface area contributed by atoms with E-state index in [1.165, 1.54) is 5.56 Å². The molecule has 3 aliphatic rings. The summed E-state index contributed by atoms with van der Waals surface area (Å²) >= 11 is 0. The number of hydrogen-bond donors (Lipinski definition) is 1. The van der Waals surface area contributed by atoms with E-state index in [4.69, 9.17) is 14.2 Å². The van der Waals surface area contributed by atoms with Crippen LogP contribution in [-0.2, 0) is 20.6 Å². The molecule has 4 rings (SSSR count). The predicted molar refractivity (Wildman–Crippen MR) is 127 cm³/mol. The average molecular weight is 460 g/mol. The van der Waals surface area contributed by atoms with Crippen molar-refractivity contribution >= 4 is 6.09 Å². The van der Waals surface area contributed by atoms with Gasteiger partial charge in [-0.25, -0.2) is 4.79 Å². The molecule has 6 nitrogen and oxygen atoms in total. The second kappa shape index (κ2) is 9.55. The van der Waals surface area contributed by atoms with Gasteiger partial charge in [0.2, 0.25) is 0 Å². The molecule has 4 atom stereocenters. The molecule has 6 heteroatoms.